The zero-order chi connectivity index (χ0) is 18.3. The molecule has 6 nitrogen and oxygen atoms in total. The molecule has 3 heterocycles. The van der Waals surface area contributed by atoms with Crippen LogP contribution in [0.15, 0.2) is 36.0 Å². The molecule has 1 aromatic carbocycles. The smallest absolute Gasteiger partial charge is 0.211 e. The highest BCUT2D eigenvalue weighted by atomic mass is 32.2. The molecule has 1 fully saturated rings. The summed E-state index contributed by atoms with van der Waals surface area (Å²) in [6, 6.07) is 8.45. The first-order chi connectivity index (χ1) is 12.4. The third-order valence-corrected chi connectivity index (χ3v) is 6.91. The van der Waals surface area contributed by atoms with Gasteiger partial charge in [-0.05, 0) is 12.5 Å². The van der Waals surface area contributed by atoms with Gasteiger partial charge in [0, 0.05) is 37.1 Å². The van der Waals surface area contributed by atoms with Gasteiger partial charge in [0.1, 0.15) is 17.0 Å². The van der Waals surface area contributed by atoms with Crippen LogP contribution in [0, 0.1) is 6.92 Å². The molecular weight excluding hydrogens is 368 g/mol. The highest BCUT2D eigenvalue weighted by Gasteiger charge is 2.26. The Morgan fingerprint density at radius 1 is 1.04 bits per heavy atom. The normalized spacial score (nSPS) is 16.3. The van der Waals surface area contributed by atoms with E-state index in [1.54, 1.807) is 17.7 Å². The Balaban J connectivity index is 1.72. The molecule has 0 bridgehead atoms. The minimum atomic E-state index is -3.14. The molecule has 26 heavy (non-hydrogen) atoms. The molecule has 2 aromatic heterocycles. The van der Waals surface area contributed by atoms with Crippen LogP contribution in [0.1, 0.15) is 5.56 Å². The molecule has 0 amide bonds. The summed E-state index contributed by atoms with van der Waals surface area (Å²) in [7, 11) is -3.14. The standard InChI is InChI=1S/C18H20N4O2S2/c1-13-3-5-14(6-4-13)15-11-25-18-16(15)17(19-12-20-18)21-7-9-22(10-8-21)26(2,23)24/h3-6,11-12H,7-10H2,1-2H3. The van der Waals surface area contributed by atoms with Crippen molar-refractivity contribution in [2.75, 3.05) is 37.3 Å². The van der Waals surface area contributed by atoms with E-state index in [0.717, 1.165) is 27.2 Å². The number of aromatic nitrogens is 2. The number of fused-ring (bicyclic) bond motifs is 1. The largest absolute Gasteiger partial charge is 0.353 e. The fourth-order valence-corrected chi connectivity index (χ4v) is 5.01. The number of anilines is 1. The zero-order valence-corrected chi connectivity index (χ0v) is 16.3. The van der Waals surface area contributed by atoms with Crippen LogP contribution in [0.2, 0.25) is 0 Å². The minimum absolute atomic E-state index is 0.480. The van der Waals surface area contributed by atoms with Crippen molar-refractivity contribution in [1.82, 2.24) is 14.3 Å². The maximum Gasteiger partial charge on any atom is 0.211 e. The number of nitrogens with zero attached hydrogens (tertiary/aromatic N) is 4. The molecule has 0 spiro atoms. The summed E-state index contributed by atoms with van der Waals surface area (Å²) in [6.07, 6.45) is 2.86. The number of piperazine rings is 1. The number of hydrogen-bond acceptors (Lipinski definition) is 6. The van der Waals surface area contributed by atoms with Gasteiger partial charge in [0.05, 0.1) is 11.6 Å². The summed E-state index contributed by atoms with van der Waals surface area (Å²) in [5.41, 5.74) is 3.50. The van der Waals surface area contributed by atoms with E-state index in [4.69, 9.17) is 0 Å². The number of benzene rings is 1. The molecule has 0 unspecified atom stereocenters. The summed E-state index contributed by atoms with van der Waals surface area (Å²) in [5, 5.41) is 3.18. The molecule has 8 heteroatoms. The van der Waals surface area contributed by atoms with Crippen molar-refractivity contribution < 1.29 is 8.42 Å². The maximum atomic E-state index is 11.8. The Hall–Kier alpha value is -2.03. The molecule has 0 aliphatic carbocycles. The van der Waals surface area contributed by atoms with Crippen molar-refractivity contribution in [3.05, 3.63) is 41.5 Å². The number of rotatable bonds is 3. The molecule has 1 aliphatic heterocycles. The van der Waals surface area contributed by atoms with Crippen molar-refractivity contribution >= 4 is 37.4 Å². The van der Waals surface area contributed by atoms with Crippen molar-refractivity contribution in [3.63, 3.8) is 0 Å². The van der Waals surface area contributed by atoms with E-state index in [9.17, 15) is 8.42 Å². The highest BCUT2D eigenvalue weighted by molar-refractivity contribution is 7.88. The Bertz CT molecular complexity index is 1040. The quantitative estimate of drug-likeness (QED) is 0.690. The van der Waals surface area contributed by atoms with E-state index in [0.29, 0.717) is 26.2 Å². The SMILES string of the molecule is Cc1ccc(-c2csc3ncnc(N4CCN(S(C)(=O)=O)CC4)c23)cc1. The first-order valence-electron chi connectivity index (χ1n) is 8.43. The van der Waals surface area contributed by atoms with Crippen LogP contribution < -0.4 is 4.90 Å². The molecule has 1 aliphatic rings. The first kappa shape index (κ1) is 17.4. The molecule has 4 rings (SSSR count). The summed E-state index contributed by atoms with van der Waals surface area (Å²) in [5.74, 6) is 0.889. The van der Waals surface area contributed by atoms with Crippen LogP contribution in [-0.2, 0) is 10.0 Å². The summed E-state index contributed by atoms with van der Waals surface area (Å²) in [6.45, 7) is 4.29. The van der Waals surface area contributed by atoms with Gasteiger partial charge in [0.2, 0.25) is 10.0 Å². The van der Waals surface area contributed by atoms with Gasteiger partial charge in [0.25, 0.3) is 0 Å². The third-order valence-electron chi connectivity index (χ3n) is 4.72. The van der Waals surface area contributed by atoms with Crippen LogP contribution in [-0.4, -0.2) is 55.1 Å². The van der Waals surface area contributed by atoms with Gasteiger partial charge in [-0.3, -0.25) is 0 Å². The van der Waals surface area contributed by atoms with Gasteiger partial charge >= 0.3 is 0 Å². The van der Waals surface area contributed by atoms with E-state index in [1.807, 2.05) is 0 Å². The summed E-state index contributed by atoms with van der Waals surface area (Å²) < 4.78 is 25.0. The summed E-state index contributed by atoms with van der Waals surface area (Å²) in [4.78, 5) is 12.1. The van der Waals surface area contributed by atoms with Gasteiger partial charge in [0.15, 0.2) is 0 Å². The van der Waals surface area contributed by atoms with Crippen molar-refractivity contribution in [1.29, 1.82) is 0 Å². The van der Waals surface area contributed by atoms with E-state index in [-0.39, 0.29) is 0 Å². The Morgan fingerprint density at radius 3 is 2.38 bits per heavy atom. The molecule has 0 N–H and O–H groups in total. The van der Waals surface area contributed by atoms with Crippen LogP contribution in [0.25, 0.3) is 21.3 Å². The Labute approximate surface area is 157 Å². The lowest BCUT2D eigenvalue weighted by atomic mass is 10.0. The zero-order valence-electron chi connectivity index (χ0n) is 14.7. The predicted molar refractivity (Wildman–Crippen MR) is 106 cm³/mol. The predicted octanol–water partition coefficient (Wildman–Crippen LogP) is 2.75. The average Bonchev–Trinajstić information content (AvgIpc) is 3.06. The fraction of sp³-hybridized carbons (Fsp3) is 0.333. The molecule has 0 atom stereocenters. The fourth-order valence-electron chi connectivity index (χ4n) is 3.28. The van der Waals surface area contributed by atoms with E-state index < -0.39 is 10.0 Å². The van der Waals surface area contributed by atoms with Gasteiger partial charge in [-0.1, -0.05) is 29.8 Å². The van der Waals surface area contributed by atoms with Gasteiger partial charge in [-0.15, -0.1) is 11.3 Å². The van der Waals surface area contributed by atoms with Gasteiger partial charge in [-0.2, -0.15) is 4.31 Å². The van der Waals surface area contributed by atoms with E-state index >= 15 is 0 Å². The number of hydrogen-bond donors (Lipinski definition) is 0. The van der Waals surface area contributed by atoms with E-state index in [1.165, 1.54) is 16.1 Å². The Kier molecular flexibility index (Phi) is 4.42. The number of aryl methyl sites for hydroxylation is 1. The minimum Gasteiger partial charge on any atom is -0.353 e. The second-order valence-corrected chi connectivity index (χ2v) is 9.38. The molecule has 136 valence electrons. The molecular formula is C18H20N4O2S2. The Morgan fingerprint density at radius 2 is 1.73 bits per heavy atom. The van der Waals surface area contributed by atoms with Crippen molar-refractivity contribution in [3.8, 4) is 11.1 Å². The topological polar surface area (TPSA) is 66.4 Å². The third kappa shape index (κ3) is 3.20. The maximum absolute atomic E-state index is 11.8. The van der Waals surface area contributed by atoms with Gasteiger partial charge in [-0.25, -0.2) is 18.4 Å². The number of sulfonamides is 1. The number of thiophene rings is 1. The lowest BCUT2D eigenvalue weighted by Gasteiger charge is -2.34. The van der Waals surface area contributed by atoms with Crippen LogP contribution in [0.4, 0.5) is 5.82 Å². The van der Waals surface area contributed by atoms with Crippen LogP contribution in [0.5, 0.6) is 0 Å². The second-order valence-electron chi connectivity index (χ2n) is 6.54. The lowest BCUT2D eigenvalue weighted by molar-refractivity contribution is 0.387. The molecule has 0 radical (unpaired) electrons. The highest BCUT2D eigenvalue weighted by Crippen LogP contribution is 2.38. The van der Waals surface area contributed by atoms with E-state index in [2.05, 4.69) is 51.4 Å². The molecule has 0 saturated carbocycles. The molecule has 3 aromatic rings. The molecule has 1 saturated heterocycles. The monoisotopic (exact) mass is 388 g/mol. The first-order valence-corrected chi connectivity index (χ1v) is 11.2. The van der Waals surface area contributed by atoms with Crippen LogP contribution in [0.3, 0.4) is 0 Å². The lowest BCUT2D eigenvalue weighted by Crippen LogP contribution is -2.48. The average molecular weight is 389 g/mol. The van der Waals surface area contributed by atoms with Gasteiger partial charge < -0.3 is 4.90 Å². The second kappa shape index (κ2) is 6.61. The van der Waals surface area contributed by atoms with Crippen LogP contribution >= 0.6 is 11.3 Å². The van der Waals surface area contributed by atoms with Crippen molar-refractivity contribution in [2.24, 2.45) is 0 Å². The van der Waals surface area contributed by atoms with Crippen molar-refractivity contribution in [2.45, 2.75) is 6.92 Å². The summed E-state index contributed by atoms with van der Waals surface area (Å²) >= 11 is 1.61.